The number of carbonyl (C=O) groups is 1. The van der Waals surface area contributed by atoms with Crippen molar-refractivity contribution in [3.8, 4) is 17.6 Å². The summed E-state index contributed by atoms with van der Waals surface area (Å²) in [5, 5.41) is 10.5. The van der Waals surface area contributed by atoms with E-state index in [0.717, 1.165) is 21.6 Å². The van der Waals surface area contributed by atoms with E-state index >= 15 is 0 Å². The molecule has 0 saturated heterocycles. The van der Waals surface area contributed by atoms with Gasteiger partial charge >= 0.3 is 0 Å². The first-order valence-electron chi connectivity index (χ1n) is 9.26. The summed E-state index contributed by atoms with van der Waals surface area (Å²) in [6.07, 6.45) is 0. The number of carbonyl (C=O) groups excluding carboxylic acids is 1. The van der Waals surface area contributed by atoms with Crippen molar-refractivity contribution in [1.82, 2.24) is 9.38 Å². The summed E-state index contributed by atoms with van der Waals surface area (Å²) < 4.78 is 12.5. The third-order valence-corrected chi connectivity index (χ3v) is 5.91. The Hall–Kier alpha value is -3.50. The van der Waals surface area contributed by atoms with Crippen LogP contribution in [0.15, 0.2) is 53.6 Å². The molecule has 0 atom stereocenters. The first kappa shape index (κ1) is 19.8. The number of nitriles is 1. The van der Waals surface area contributed by atoms with Gasteiger partial charge in [0, 0.05) is 5.56 Å². The molecule has 4 aromatic rings. The van der Waals surface area contributed by atoms with Crippen LogP contribution < -0.4 is 9.47 Å². The van der Waals surface area contributed by atoms with E-state index in [1.54, 1.807) is 32.4 Å². The number of methoxy groups -OCH3 is 2. The summed E-state index contributed by atoms with van der Waals surface area (Å²) in [4.78, 5) is 17.5. The highest BCUT2D eigenvalue weighted by molar-refractivity contribution is 8.00. The van der Waals surface area contributed by atoms with Crippen molar-refractivity contribution in [2.24, 2.45) is 0 Å². The number of para-hydroxylation sites is 2. The summed E-state index contributed by atoms with van der Waals surface area (Å²) in [6.45, 7) is 1.89. The van der Waals surface area contributed by atoms with Gasteiger partial charge in [-0.2, -0.15) is 5.26 Å². The Morgan fingerprint density at radius 1 is 1.13 bits per heavy atom. The van der Waals surface area contributed by atoms with Crippen LogP contribution in [0.1, 0.15) is 21.5 Å². The largest absolute Gasteiger partial charge is 0.493 e. The van der Waals surface area contributed by atoms with E-state index in [0.29, 0.717) is 28.3 Å². The van der Waals surface area contributed by atoms with Crippen molar-refractivity contribution in [2.45, 2.75) is 11.9 Å². The highest BCUT2D eigenvalue weighted by Crippen LogP contribution is 2.31. The second-order valence-electron chi connectivity index (χ2n) is 6.69. The first-order chi connectivity index (χ1) is 14.6. The van der Waals surface area contributed by atoms with Gasteiger partial charge in [0.15, 0.2) is 22.9 Å². The Balaban J connectivity index is 1.71. The molecule has 6 nitrogen and oxygen atoms in total. The quantitative estimate of drug-likeness (QED) is 0.335. The van der Waals surface area contributed by atoms with E-state index in [1.807, 2.05) is 41.7 Å². The molecule has 4 rings (SSSR count). The third-order valence-electron chi connectivity index (χ3n) is 4.91. The van der Waals surface area contributed by atoms with Crippen LogP contribution in [0.25, 0.3) is 16.7 Å². The number of thioether (sulfide) groups is 1. The zero-order valence-corrected chi connectivity index (χ0v) is 17.6. The van der Waals surface area contributed by atoms with E-state index in [2.05, 4.69) is 11.1 Å². The van der Waals surface area contributed by atoms with Gasteiger partial charge in [0.2, 0.25) is 0 Å². The number of benzene rings is 2. The maximum Gasteiger partial charge on any atom is 0.173 e. The molecule has 0 aliphatic carbocycles. The number of hydrogen-bond acceptors (Lipinski definition) is 6. The molecule has 2 aromatic carbocycles. The molecular weight excluding hydrogens is 398 g/mol. The molecule has 0 aliphatic heterocycles. The van der Waals surface area contributed by atoms with Crippen LogP contribution in [0.2, 0.25) is 0 Å². The number of aromatic nitrogens is 2. The second-order valence-corrected chi connectivity index (χ2v) is 7.69. The Kier molecular flexibility index (Phi) is 5.34. The monoisotopic (exact) mass is 417 g/mol. The SMILES string of the molecule is COc1ccc(C(=O)CSc2cc(C)c(C#N)c3nc4ccccc4n23)cc1OC. The molecule has 2 aromatic heterocycles. The van der Waals surface area contributed by atoms with E-state index < -0.39 is 0 Å². The number of ether oxygens (including phenoxy) is 2. The molecule has 7 heteroatoms. The minimum Gasteiger partial charge on any atom is -0.493 e. The van der Waals surface area contributed by atoms with Crippen LogP contribution in [0.4, 0.5) is 0 Å². The molecule has 0 saturated carbocycles. The molecule has 0 amide bonds. The number of hydrogen-bond donors (Lipinski definition) is 0. The maximum absolute atomic E-state index is 12.8. The molecule has 0 unspecified atom stereocenters. The summed E-state index contributed by atoms with van der Waals surface area (Å²) >= 11 is 1.42. The van der Waals surface area contributed by atoms with Crippen LogP contribution in [0, 0.1) is 18.3 Å². The fraction of sp³-hybridized carbons (Fsp3) is 0.174. The van der Waals surface area contributed by atoms with Gasteiger partial charge < -0.3 is 9.47 Å². The van der Waals surface area contributed by atoms with Crippen LogP contribution in [-0.2, 0) is 0 Å². The Labute approximate surface area is 178 Å². The number of nitrogens with zero attached hydrogens (tertiary/aromatic N) is 3. The normalized spacial score (nSPS) is 10.9. The lowest BCUT2D eigenvalue weighted by Crippen LogP contribution is -2.05. The van der Waals surface area contributed by atoms with Crippen molar-refractivity contribution >= 4 is 34.2 Å². The zero-order valence-electron chi connectivity index (χ0n) is 16.8. The molecule has 0 aliphatic rings. The number of Topliss-reactive ketones (excluding diaryl/α,β-unsaturated/α-hetero) is 1. The van der Waals surface area contributed by atoms with Gasteiger partial charge in [-0.15, -0.1) is 0 Å². The summed E-state index contributed by atoms with van der Waals surface area (Å²) in [6, 6.07) is 17.1. The molecule has 30 heavy (non-hydrogen) atoms. The summed E-state index contributed by atoms with van der Waals surface area (Å²) in [5.74, 6) is 1.31. The van der Waals surface area contributed by atoms with Gasteiger partial charge in [-0.3, -0.25) is 9.20 Å². The van der Waals surface area contributed by atoms with Crippen molar-refractivity contribution in [1.29, 1.82) is 5.26 Å². The topological polar surface area (TPSA) is 76.6 Å². The maximum atomic E-state index is 12.8. The molecule has 0 radical (unpaired) electrons. The fourth-order valence-electron chi connectivity index (χ4n) is 3.39. The average Bonchev–Trinajstić information content (AvgIpc) is 3.16. The minimum absolute atomic E-state index is 0.0273. The molecule has 0 spiro atoms. The van der Waals surface area contributed by atoms with Gasteiger partial charge in [0.1, 0.15) is 6.07 Å². The number of rotatable bonds is 6. The predicted octanol–water partition coefficient (Wildman–Crippen LogP) is 4.66. The Morgan fingerprint density at radius 3 is 2.63 bits per heavy atom. The van der Waals surface area contributed by atoms with E-state index in [-0.39, 0.29) is 11.5 Å². The highest BCUT2D eigenvalue weighted by Gasteiger charge is 2.17. The second kappa shape index (κ2) is 8.09. The number of ketones is 1. The van der Waals surface area contributed by atoms with Crippen molar-refractivity contribution in [3.63, 3.8) is 0 Å². The van der Waals surface area contributed by atoms with Crippen LogP contribution in [-0.4, -0.2) is 35.1 Å². The number of pyridine rings is 1. The molecule has 150 valence electrons. The lowest BCUT2D eigenvalue weighted by Gasteiger charge is -2.11. The highest BCUT2D eigenvalue weighted by atomic mass is 32.2. The minimum atomic E-state index is -0.0273. The Morgan fingerprint density at radius 2 is 1.90 bits per heavy atom. The average molecular weight is 417 g/mol. The van der Waals surface area contributed by atoms with E-state index in [4.69, 9.17) is 9.47 Å². The summed E-state index contributed by atoms with van der Waals surface area (Å²) in [5.41, 5.74) is 4.26. The van der Waals surface area contributed by atoms with Crippen molar-refractivity contribution in [3.05, 3.63) is 65.2 Å². The first-order valence-corrected chi connectivity index (χ1v) is 10.2. The summed E-state index contributed by atoms with van der Waals surface area (Å²) in [7, 11) is 3.10. The lowest BCUT2D eigenvalue weighted by molar-refractivity contribution is 0.102. The fourth-order valence-corrected chi connectivity index (χ4v) is 4.41. The predicted molar refractivity (Wildman–Crippen MR) is 117 cm³/mol. The zero-order chi connectivity index (χ0) is 21.3. The number of imidazole rings is 1. The number of aryl methyl sites for hydroxylation is 1. The van der Waals surface area contributed by atoms with E-state index in [9.17, 15) is 10.1 Å². The van der Waals surface area contributed by atoms with E-state index in [1.165, 1.54) is 11.8 Å². The van der Waals surface area contributed by atoms with Crippen LogP contribution in [0.3, 0.4) is 0 Å². The molecule has 0 N–H and O–H groups in total. The van der Waals surface area contributed by atoms with Crippen molar-refractivity contribution in [2.75, 3.05) is 20.0 Å². The van der Waals surface area contributed by atoms with Gasteiger partial charge in [-0.1, -0.05) is 23.9 Å². The number of fused-ring (bicyclic) bond motifs is 3. The lowest BCUT2D eigenvalue weighted by atomic mass is 10.1. The van der Waals surface area contributed by atoms with Crippen LogP contribution >= 0.6 is 11.8 Å². The molecule has 0 fully saturated rings. The smallest absolute Gasteiger partial charge is 0.173 e. The molecule has 2 heterocycles. The molecule has 0 bridgehead atoms. The van der Waals surface area contributed by atoms with Gasteiger partial charge in [-0.25, -0.2) is 4.98 Å². The van der Waals surface area contributed by atoms with Gasteiger partial charge in [0.25, 0.3) is 0 Å². The third kappa shape index (κ3) is 3.36. The van der Waals surface area contributed by atoms with Crippen molar-refractivity contribution < 1.29 is 14.3 Å². The van der Waals surface area contributed by atoms with Gasteiger partial charge in [-0.05, 0) is 48.9 Å². The van der Waals surface area contributed by atoms with Crippen LogP contribution in [0.5, 0.6) is 11.5 Å². The standard InChI is InChI=1S/C23H19N3O3S/c1-14-10-22(26-18-7-5-4-6-17(18)25-23(26)16(14)12-24)30-13-19(27)15-8-9-20(28-2)21(11-15)29-3/h4-11H,13H2,1-3H3. The Bertz CT molecular complexity index is 1320. The van der Waals surface area contributed by atoms with Gasteiger partial charge in [0.05, 0.1) is 41.6 Å². The molecular formula is C23H19N3O3S.